The Balaban J connectivity index is 3.99. The van der Waals surface area contributed by atoms with Crippen LogP contribution in [0, 0.1) is 0 Å². The molecular weight excluding hydrogens is 250 g/mol. The van der Waals surface area contributed by atoms with Crippen LogP contribution in [0.4, 0.5) is 4.79 Å². The van der Waals surface area contributed by atoms with E-state index >= 15 is 0 Å². The molecule has 1 unspecified atom stereocenters. The van der Waals surface area contributed by atoms with Crippen molar-refractivity contribution in [3.05, 3.63) is 0 Å². The summed E-state index contributed by atoms with van der Waals surface area (Å²) in [4.78, 5) is 33.7. The van der Waals surface area contributed by atoms with E-state index in [1.807, 2.05) is 6.92 Å². The van der Waals surface area contributed by atoms with Gasteiger partial charge in [0.25, 0.3) is 0 Å². The summed E-state index contributed by atoms with van der Waals surface area (Å²) in [5.41, 5.74) is -1.30. The molecule has 0 bridgehead atoms. The van der Waals surface area contributed by atoms with Crippen LogP contribution in [-0.4, -0.2) is 41.6 Å². The van der Waals surface area contributed by atoms with Gasteiger partial charge in [0.05, 0.1) is 0 Å². The molecule has 7 heteroatoms. The number of carbonyl (C=O) groups is 3. The van der Waals surface area contributed by atoms with Gasteiger partial charge in [-0.3, -0.25) is 4.79 Å². The van der Waals surface area contributed by atoms with Gasteiger partial charge in [-0.15, -0.1) is 0 Å². The van der Waals surface area contributed by atoms with Crippen molar-refractivity contribution in [3.8, 4) is 0 Å². The maximum atomic E-state index is 11.5. The Morgan fingerprint density at radius 3 is 2.21 bits per heavy atom. The summed E-state index contributed by atoms with van der Waals surface area (Å²) in [6, 6.07) is -0.588. The van der Waals surface area contributed by atoms with Crippen molar-refractivity contribution >= 4 is 17.9 Å². The highest BCUT2D eigenvalue weighted by Crippen LogP contribution is 2.08. The molecule has 0 aliphatic heterocycles. The molecule has 3 amide bonds. The second kappa shape index (κ2) is 8.34. The summed E-state index contributed by atoms with van der Waals surface area (Å²) in [6.07, 6.45) is 1.29. The van der Waals surface area contributed by atoms with Gasteiger partial charge in [-0.05, 0) is 19.8 Å². The molecule has 0 aromatic rings. The van der Waals surface area contributed by atoms with Crippen LogP contribution in [0.3, 0.4) is 0 Å². The highest BCUT2D eigenvalue weighted by Gasteiger charge is 2.32. The first-order valence-corrected chi connectivity index (χ1v) is 6.41. The van der Waals surface area contributed by atoms with Gasteiger partial charge in [-0.2, -0.15) is 0 Å². The summed E-state index contributed by atoms with van der Waals surface area (Å²) in [7, 11) is 0. The Labute approximate surface area is 113 Å². The number of aliphatic carboxylic acids is 1. The monoisotopic (exact) mass is 273 g/mol. The standard InChI is InChI=1S/C12H23N3O4/c1-4-7-13-9(16)6-8-14-11(19)15-12(3,5-2)10(17)18/h4-8H2,1-3H3,(H,13,16)(H,17,18)(H2,14,15,19). The first kappa shape index (κ1) is 17.2. The number of rotatable bonds is 8. The Kier molecular flexibility index (Phi) is 7.55. The second-order valence-electron chi connectivity index (χ2n) is 4.47. The van der Waals surface area contributed by atoms with Crippen LogP contribution >= 0.6 is 0 Å². The predicted octanol–water partition coefficient (Wildman–Crippen LogP) is 0.455. The fourth-order valence-electron chi connectivity index (χ4n) is 1.23. The molecule has 0 rings (SSSR count). The van der Waals surface area contributed by atoms with Crippen molar-refractivity contribution in [2.75, 3.05) is 13.1 Å². The average Bonchev–Trinajstić information content (AvgIpc) is 2.35. The van der Waals surface area contributed by atoms with E-state index in [-0.39, 0.29) is 25.3 Å². The van der Waals surface area contributed by atoms with Crippen LogP contribution in [0.5, 0.6) is 0 Å². The van der Waals surface area contributed by atoms with Gasteiger partial charge in [0.2, 0.25) is 5.91 Å². The number of nitrogens with one attached hydrogen (secondary N) is 3. The zero-order valence-electron chi connectivity index (χ0n) is 11.7. The lowest BCUT2D eigenvalue weighted by Gasteiger charge is -2.24. The number of hydrogen-bond donors (Lipinski definition) is 4. The van der Waals surface area contributed by atoms with Crippen molar-refractivity contribution in [2.45, 2.75) is 45.6 Å². The minimum Gasteiger partial charge on any atom is -0.480 e. The lowest BCUT2D eigenvalue weighted by Crippen LogP contribution is -2.55. The van der Waals surface area contributed by atoms with E-state index in [9.17, 15) is 14.4 Å². The van der Waals surface area contributed by atoms with E-state index in [1.54, 1.807) is 6.92 Å². The summed E-state index contributed by atoms with van der Waals surface area (Å²) < 4.78 is 0. The van der Waals surface area contributed by atoms with Crippen molar-refractivity contribution in [1.29, 1.82) is 0 Å². The molecule has 4 N–H and O–H groups in total. The molecule has 0 heterocycles. The SMILES string of the molecule is CCCNC(=O)CCNC(=O)NC(C)(CC)C(=O)O. The fraction of sp³-hybridized carbons (Fsp3) is 0.750. The van der Waals surface area contributed by atoms with Gasteiger partial charge >= 0.3 is 12.0 Å². The molecule has 0 aliphatic carbocycles. The van der Waals surface area contributed by atoms with E-state index in [0.717, 1.165) is 6.42 Å². The minimum atomic E-state index is -1.30. The number of urea groups is 1. The number of hydrogen-bond acceptors (Lipinski definition) is 3. The van der Waals surface area contributed by atoms with E-state index in [1.165, 1.54) is 6.92 Å². The highest BCUT2D eigenvalue weighted by molar-refractivity contribution is 5.86. The average molecular weight is 273 g/mol. The predicted molar refractivity (Wildman–Crippen MR) is 70.8 cm³/mol. The van der Waals surface area contributed by atoms with E-state index in [0.29, 0.717) is 6.54 Å². The van der Waals surface area contributed by atoms with Crippen LogP contribution in [0.2, 0.25) is 0 Å². The number of carbonyl (C=O) groups excluding carboxylic acids is 2. The quantitative estimate of drug-likeness (QED) is 0.515. The number of amides is 3. The van der Waals surface area contributed by atoms with Crippen LogP contribution in [0.25, 0.3) is 0 Å². The normalized spacial score (nSPS) is 13.2. The first-order valence-electron chi connectivity index (χ1n) is 6.41. The van der Waals surface area contributed by atoms with Crippen LogP contribution < -0.4 is 16.0 Å². The maximum Gasteiger partial charge on any atom is 0.329 e. The lowest BCUT2D eigenvalue weighted by atomic mass is 10.00. The zero-order valence-corrected chi connectivity index (χ0v) is 11.7. The molecule has 19 heavy (non-hydrogen) atoms. The smallest absolute Gasteiger partial charge is 0.329 e. The van der Waals surface area contributed by atoms with E-state index in [2.05, 4.69) is 16.0 Å². The fourth-order valence-corrected chi connectivity index (χ4v) is 1.23. The summed E-state index contributed by atoms with van der Waals surface area (Å²) in [5, 5.41) is 16.5. The van der Waals surface area contributed by atoms with Gasteiger partial charge in [0, 0.05) is 19.5 Å². The molecule has 0 aromatic heterocycles. The summed E-state index contributed by atoms with van der Waals surface area (Å²) >= 11 is 0. The molecule has 0 fully saturated rings. The Bertz CT molecular complexity index is 333. The van der Waals surface area contributed by atoms with Gasteiger partial charge in [0.1, 0.15) is 5.54 Å². The number of carboxylic acid groups (broad SMARTS) is 1. The Hall–Kier alpha value is -1.79. The molecule has 0 spiro atoms. The molecular formula is C12H23N3O4. The third-order valence-electron chi connectivity index (χ3n) is 2.78. The largest absolute Gasteiger partial charge is 0.480 e. The zero-order chi connectivity index (χ0) is 14.9. The van der Waals surface area contributed by atoms with Gasteiger partial charge < -0.3 is 21.1 Å². The van der Waals surface area contributed by atoms with Crippen LogP contribution in [-0.2, 0) is 9.59 Å². The Morgan fingerprint density at radius 2 is 1.74 bits per heavy atom. The molecule has 0 saturated carbocycles. The van der Waals surface area contributed by atoms with Crippen molar-refractivity contribution in [3.63, 3.8) is 0 Å². The van der Waals surface area contributed by atoms with Crippen molar-refractivity contribution in [2.24, 2.45) is 0 Å². The van der Waals surface area contributed by atoms with Gasteiger partial charge in [-0.1, -0.05) is 13.8 Å². The maximum absolute atomic E-state index is 11.5. The van der Waals surface area contributed by atoms with Crippen molar-refractivity contribution in [1.82, 2.24) is 16.0 Å². The highest BCUT2D eigenvalue weighted by atomic mass is 16.4. The first-order chi connectivity index (χ1) is 8.85. The summed E-state index contributed by atoms with van der Waals surface area (Å²) in [5.74, 6) is -1.23. The van der Waals surface area contributed by atoms with Gasteiger partial charge in [-0.25, -0.2) is 9.59 Å². The molecule has 0 aromatic carbocycles. The molecule has 0 saturated heterocycles. The van der Waals surface area contributed by atoms with Gasteiger partial charge in [0.15, 0.2) is 0 Å². The topological polar surface area (TPSA) is 108 Å². The second-order valence-corrected chi connectivity index (χ2v) is 4.47. The molecule has 0 aliphatic rings. The third kappa shape index (κ3) is 6.64. The third-order valence-corrected chi connectivity index (χ3v) is 2.78. The van der Waals surface area contributed by atoms with E-state index < -0.39 is 17.5 Å². The molecule has 110 valence electrons. The van der Waals surface area contributed by atoms with Crippen LogP contribution in [0.1, 0.15) is 40.0 Å². The molecule has 0 radical (unpaired) electrons. The van der Waals surface area contributed by atoms with Crippen molar-refractivity contribution < 1.29 is 19.5 Å². The molecule has 1 atom stereocenters. The summed E-state index contributed by atoms with van der Waals surface area (Å²) in [6.45, 7) is 5.83. The molecule has 7 nitrogen and oxygen atoms in total. The van der Waals surface area contributed by atoms with Crippen LogP contribution in [0.15, 0.2) is 0 Å². The minimum absolute atomic E-state index is 0.140. The lowest BCUT2D eigenvalue weighted by molar-refractivity contribution is -0.143. The van der Waals surface area contributed by atoms with E-state index in [4.69, 9.17) is 5.11 Å². The number of carboxylic acids is 1. The Morgan fingerprint density at radius 1 is 1.11 bits per heavy atom.